The molecule has 0 aliphatic carbocycles. The van der Waals surface area contributed by atoms with Gasteiger partial charge in [-0.15, -0.1) is 5.10 Å². The van der Waals surface area contributed by atoms with Crippen molar-refractivity contribution >= 4 is 16.6 Å². The molecule has 1 aromatic carbocycles. The van der Waals surface area contributed by atoms with Crippen LogP contribution in [0.3, 0.4) is 0 Å². The summed E-state index contributed by atoms with van der Waals surface area (Å²) in [4.78, 5) is 0. The molecule has 0 bridgehead atoms. The maximum atomic E-state index is 5.79. The summed E-state index contributed by atoms with van der Waals surface area (Å²) >= 11 is 0. The van der Waals surface area contributed by atoms with E-state index in [0.29, 0.717) is 18.4 Å². The van der Waals surface area contributed by atoms with E-state index in [9.17, 15) is 0 Å². The van der Waals surface area contributed by atoms with Crippen molar-refractivity contribution in [3.05, 3.63) is 18.2 Å². The van der Waals surface area contributed by atoms with Gasteiger partial charge in [0.2, 0.25) is 5.88 Å². The molecule has 0 fully saturated rings. The van der Waals surface area contributed by atoms with Gasteiger partial charge in [0.15, 0.2) is 0 Å². The molecule has 0 amide bonds. The van der Waals surface area contributed by atoms with E-state index in [1.54, 1.807) is 0 Å². The average Bonchev–Trinajstić information content (AvgIpc) is 2.55. The lowest BCUT2D eigenvalue weighted by Crippen LogP contribution is -2.02. The molecule has 2 aromatic rings. The topological polar surface area (TPSA) is 53.1 Å². The highest BCUT2D eigenvalue weighted by Gasteiger charge is 2.09. The minimum Gasteiger partial charge on any atom is -0.476 e. The summed E-state index contributed by atoms with van der Waals surface area (Å²) in [5.41, 5.74) is 7.56. The van der Waals surface area contributed by atoms with Crippen molar-refractivity contribution < 1.29 is 4.74 Å². The van der Waals surface area contributed by atoms with Crippen molar-refractivity contribution in [2.45, 2.75) is 20.3 Å². The Morgan fingerprint density at radius 3 is 2.88 bits per heavy atom. The first-order chi connectivity index (χ1) is 8.08. The van der Waals surface area contributed by atoms with E-state index < -0.39 is 0 Å². The van der Waals surface area contributed by atoms with E-state index in [4.69, 9.17) is 10.5 Å². The normalized spacial score (nSPS) is 11.3. The van der Waals surface area contributed by atoms with E-state index in [2.05, 4.69) is 18.9 Å². The molecule has 0 aliphatic rings. The number of hydrogen-bond donors (Lipinski definition) is 1. The van der Waals surface area contributed by atoms with Gasteiger partial charge in [0.05, 0.1) is 17.5 Å². The molecule has 92 valence electrons. The highest BCUT2D eigenvalue weighted by Crippen LogP contribution is 2.26. The fourth-order valence-electron chi connectivity index (χ4n) is 1.75. The van der Waals surface area contributed by atoms with Gasteiger partial charge in [0.1, 0.15) is 0 Å². The van der Waals surface area contributed by atoms with Crippen LogP contribution in [-0.2, 0) is 7.05 Å². The maximum absolute atomic E-state index is 5.79. The van der Waals surface area contributed by atoms with Gasteiger partial charge >= 0.3 is 0 Å². The lowest BCUT2D eigenvalue weighted by Gasteiger charge is -2.05. The quantitative estimate of drug-likeness (QED) is 0.826. The Hall–Kier alpha value is -1.71. The lowest BCUT2D eigenvalue weighted by atomic mass is 10.1. The largest absolute Gasteiger partial charge is 0.476 e. The zero-order valence-electron chi connectivity index (χ0n) is 10.6. The zero-order chi connectivity index (χ0) is 12.4. The summed E-state index contributed by atoms with van der Waals surface area (Å²) in [5.74, 6) is 1.31. The third-order valence-electron chi connectivity index (χ3n) is 2.77. The second kappa shape index (κ2) is 4.65. The number of nitrogen functional groups attached to an aromatic ring is 1. The van der Waals surface area contributed by atoms with Gasteiger partial charge in [0.25, 0.3) is 0 Å². The predicted molar refractivity (Wildman–Crippen MR) is 70.1 cm³/mol. The van der Waals surface area contributed by atoms with Gasteiger partial charge in [-0.25, -0.2) is 0 Å². The molecule has 0 spiro atoms. The van der Waals surface area contributed by atoms with Crippen LogP contribution in [0, 0.1) is 5.92 Å². The van der Waals surface area contributed by atoms with Gasteiger partial charge in [-0.3, -0.25) is 4.68 Å². The molecule has 1 heterocycles. The van der Waals surface area contributed by atoms with Crippen molar-refractivity contribution in [3.63, 3.8) is 0 Å². The minimum atomic E-state index is 0.634. The molecule has 0 aliphatic heterocycles. The van der Waals surface area contributed by atoms with E-state index in [-0.39, 0.29) is 0 Å². The Morgan fingerprint density at radius 2 is 2.18 bits per heavy atom. The number of benzene rings is 1. The van der Waals surface area contributed by atoms with Crippen molar-refractivity contribution in [2.75, 3.05) is 12.3 Å². The third kappa shape index (κ3) is 2.52. The van der Waals surface area contributed by atoms with Crippen LogP contribution in [0.1, 0.15) is 20.3 Å². The number of hydrogen-bond acceptors (Lipinski definition) is 3. The number of nitrogens with zero attached hydrogens (tertiary/aromatic N) is 2. The minimum absolute atomic E-state index is 0.634. The molecule has 1 aromatic heterocycles. The number of aromatic nitrogens is 2. The van der Waals surface area contributed by atoms with Crippen LogP contribution in [0.4, 0.5) is 5.69 Å². The molecule has 4 nitrogen and oxygen atoms in total. The van der Waals surface area contributed by atoms with Crippen LogP contribution < -0.4 is 10.5 Å². The monoisotopic (exact) mass is 233 g/mol. The number of aryl methyl sites for hydroxylation is 1. The fraction of sp³-hybridized carbons (Fsp3) is 0.462. The fourth-order valence-corrected chi connectivity index (χ4v) is 1.75. The number of fused-ring (bicyclic) bond motifs is 1. The smallest absolute Gasteiger partial charge is 0.240 e. The van der Waals surface area contributed by atoms with Gasteiger partial charge < -0.3 is 10.5 Å². The van der Waals surface area contributed by atoms with Crippen LogP contribution >= 0.6 is 0 Å². The van der Waals surface area contributed by atoms with Crippen molar-refractivity contribution in [1.29, 1.82) is 0 Å². The van der Waals surface area contributed by atoms with E-state index in [1.807, 2.05) is 29.9 Å². The standard InChI is InChI=1S/C13H19N3O/c1-9(2)6-7-17-13-11-8-10(14)4-5-12(11)16(3)15-13/h4-5,8-9H,6-7,14H2,1-3H3. The van der Waals surface area contributed by atoms with Crippen LogP contribution in [0.25, 0.3) is 10.9 Å². The second-order valence-electron chi connectivity index (χ2n) is 4.74. The summed E-state index contributed by atoms with van der Waals surface area (Å²) in [6, 6.07) is 5.75. The van der Waals surface area contributed by atoms with E-state index >= 15 is 0 Å². The van der Waals surface area contributed by atoms with Gasteiger partial charge in [0, 0.05) is 12.7 Å². The van der Waals surface area contributed by atoms with E-state index in [1.165, 1.54) is 0 Å². The number of rotatable bonds is 4. The van der Waals surface area contributed by atoms with Crippen molar-refractivity contribution in [2.24, 2.45) is 13.0 Å². The highest BCUT2D eigenvalue weighted by molar-refractivity contribution is 5.87. The Labute approximate surface area is 101 Å². The molecule has 0 atom stereocenters. The zero-order valence-corrected chi connectivity index (χ0v) is 10.6. The SMILES string of the molecule is CC(C)CCOc1nn(C)c2ccc(N)cc12. The van der Waals surface area contributed by atoms with Crippen molar-refractivity contribution in [3.8, 4) is 5.88 Å². The summed E-state index contributed by atoms with van der Waals surface area (Å²) in [6.07, 6.45) is 1.03. The molecule has 2 rings (SSSR count). The number of ether oxygens (including phenoxy) is 1. The molecule has 0 saturated heterocycles. The van der Waals surface area contributed by atoms with Crippen LogP contribution in [0.2, 0.25) is 0 Å². The molecular weight excluding hydrogens is 214 g/mol. The van der Waals surface area contributed by atoms with Gasteiger partial charge in [-0.1, -0.05) is 13.8 Å². The number of nitrogens with two attached hydrogens (primary N) is 1. The molecule has 0 saturated carbocycles. The first kappa shape index (κ1) is 11.8. The van der Waals surface area contributed by atoms with Crippen LogP contribution in [0.5, 0.6) is 5.88 Å². The molecule has 17 heavy (non-hydrogen) atoms. The first-order valence-electron chi connectivity index (χ1n) is 5.93. The second-order valence-corrected chi connectivity index (χ2v) is 4.74. The molecule has 2 N–H and O–H groups in total. The lowest BCUT2D eigenvalue weighted by molar-refractivity contribution is 0.279. The Bertz CT molecular complexity index is 517. The predicted octanol–water partition coefficient (Wildman–Crippen LogP) is 2.58. The summed E-state index contributed by atoms with van der Waals surface area (Å²) in [6.45, 7) is 5.05. The van der Waals surface area contributed by atoms with Gasteiger partial charge in [-0.05, 0) is 30.5 Å². The van der Waals surface area contributed by atoms with Crippen molar-refractivity contribution in [1.82, 2.24) is 9.78 Å². The van der Waals surface area contributed by atoms with Gasteiger partial charge in [-0.2, -0.15) is 0 Å². The van der Waals surface area contributed by atoms with Crippen LogP contribution in [-0.4, -0.2) is 16.4 Å². The first-order valence-corrected chi connectivity index (χ1v) is 5.93. The third-order valence-corrected chi connectivity index (χ3v) is 2.77. The molecule has 4 heteroatoms. The molecule has 0 radical (unpaired) electrons. The number of anilines is 1. The highest BCUT2D eigenvalue weighted by atomic mass is 16.5. The maximum Gasteiger partial charge on any atom is 0.240 e. The van der Waals surface area contributed by atoms with E-state index in [0.717, 1.165) is 23.0 Å². The molecule has 0 unspecified atom stereocenters. The van der Waals surface area contributed by atoms with Crippen LogP contribution in [0.15, 0.2) is 18.2 Å². The summed E-state index contributed by atoms with van der Waals surface area (Å²) in [5, 5.41) is 5.35. The summed E-state index contributed by atoms with van der Waals surface area (Å²) < 4.78 is 7.54. The Kier molecular flexibility index (Phi) is 3.22. The Balaban J connectivity index is 2.24. The Morgan fingerprint density at radius 1 is 1.41 bits per heavy atom. The average molecular weight is 233 g/mol. The summed E-state index contributed by atoms with van der Waals surface area (Å²) in [7, 11) is 1.91. The molecular formula is C13H19N3O.